The Morgan fingerprint density at radius 1 is 1.16 bits per heavy atom. The topological polar surface area (TPSA) is 58.9 Å². The third-order valence-electron chi connectivity index (χ3n) is 3.95. The van der Waals surface area contributed by atoms with Crippen LogP contribution >= 0.6 is 0 Å². The van der Waals surface area contributed by atoms with Crippen molar-refractivity contribution in [3.63, 3.8) is 0 Å². The summed E-state index contributed by atoms with van der Waals surface area (Å²) in [4.78, 5) is 14.3. The first-order valence-electron chi connectivity index (χ1n) is 6.73. The summed E-state index contributed by atoms with van der Waals surface area (Å²) in [5.41, 5.74) is 9.58. The number of nitrogens with one attached hydrogen (secondary N) is 1. The maximum Gasteiger partial charge on any atom is 0.248 e. The molecule has 3 heteroatoms. The van der Waals surface area contributed by atoms with Crippen LogP contribution in [0.2, 0.25) is 0 Å². The number of aromatic amines is 1. The number of rotatable bonds is 2. The monoisotopic (exact) mass is 254 g/mol. The normalized spacial score (nSPS) is 21.9. The lowest BCUT2D eigenvalue weighted by atomic mass is 9.75. The number of fused-ring (bicyclic) bond motifs is 1. The van der Waals surface area contributed by atoms with Gasteiger partial charge in [0.1, 0.15) is 0 Å². The fourth-order valence-electron chi connectivity index (χ4n) is 3.04. The van der Waals surface area contributed by atoms with Crippen LogP contribution in [0.4, 0.5) is 0 Å². The van der Waals surface area contributed by atoms with Crippen LogP contribution in [-0.2, 0) is 18.4 Å². The molecular formula is C16H18N2O. The predicted molar refractivity (Wildman–Crippen MR) is 76.0 cm³/mol. The van der Waals surface area contributed by atoms with Crippen LogP contribution in [0.5, 0.6) is 0 Å². The largest absolute Gasteiger partial charge is 0.326 e. The summed E-state index contributed by atoms with van der Waals surface area (Å²) in [5, 5.41) is 0. The van der Waals surface area contributed by atoms with Gasteiger partial charge in [0.05, 0.1) is 0 Å². The van der Waals surface area contributed by atoms with Gasteiger partial charge in [-0.1, -0.05) is 30.3 Å². The molecule has 0 fully saturated rings. The van der Waals surface area contributed by atoms with E-state index in [2.05, 4.69) is 17.1 Å². The second-order valence-corrected chi connectivity index (χ2v) is 5.39. The van der Waals surface area contributed by atoms with Crippen LogP contribution in [0.1, 0.15) is 29.7 Å². The Hall–Kier alpha value is -1.87. The standard InChI is InChI=1S/C16H18N2O/c17-16(11-12-5-2-1-3-6-12)10-4-7-14-13(16)8-9-15(19)18-14/h1-3,5-6,8-9H,4,7,10-11,17H2,(H,18,19). The second-order valence-electron chi connectivity index (χ2n) is 5.39. The molecule has 1 atom stereocenters. The molecule has 1 aromatic heterocycles. The number of H-pyrrole nitrogens is 1. The van der Waals surface area contributed by atoms with Crippen molar-refractivity contribution < 1.29 is 0 Å². The van der Waals surface area contributed by atoms with Crippen molar-refractivity contribution in [2.75, 3.05) is 0 Å². The van der Waals surface area contributed by atoms with Crippen LogP contribution in [0.3, 0.4) is 0 Å². The minimum absolute atomic E-state index is 0.0392. The van der Waals surface area contributed by atoms with Crippen LogP contribution in [0.25, 0.3) is 0 Å². The molecule has 1 aromatic carbocycles. The van der Waals surface area contributed by atoms with E-state index in [1.807, 2.05) is 24.3 Å². The fraction of sp³-hybridized carbons (Fsp3) is 0.312. The quantitative estimate of drug-likeness (QED) is 0.862. The van der Waals surface area contributed by atoms with Crippen molar-refractivity contribution in [2.24, 2.45) is 5.73 Å². The molecule has 0 radical (unpaired) electrons. The molecule has 0 aliphatic heterocycles. The lowest BCUT2D eigenvalue weighted by molar-refractivity contribution is 0.365. The third kappa shape index (κ3) is 2.34. The molecule has 1 aliphatic rings. The first-order valence-corrected chi connectivity index (χ1v) is 6.73. The Morgan fingerprint density at radius 3 is 2.74 bits per heavy atom. The highest BCUT2D eigenvalue weighted by molar-refractivity contribution is 5.33. The zero-order chi connectivity index (χ0) is 13.3. The molecule has 2 aromatic rings. The summed E-state index contributed by atoms with van der Waals surface area (Å²) in [7, 11) is 0. The van der Waals surface area contributed by atoms with Gasteiger partial charge in [-0.25, -0.2) is 0 Å². The Morgan fingerprint density at radius 2 is 1.95 bits per heavy atom. The minimum atomic E-state index is -0.362. The smallest absolute Gasteiger partial charge is 0.248 e. The molecule has 98 valence electrons. The van der Waals surface area contributed by atoms with E-state index in [4.69, 9.17) is 5.73 Å². The second kappa shape index (κ2) is 4.67. The van der Waals surface area contributed by atoms with Gasteiger partial charge in [-0.15, -0.1) is 0 Å². The molecule has 1 unspecified atom stereocenters. The van der Waals surface area contributed by atoms with E-state index in [-0.39, 0.29) is 11.1 Å². The highest BCUT2D eigenvalue weighted by atomic mass is 16.1. The van der Waals surface area contributed by atoms with Gasteiger partial charge in [0, 0.05) is 17.3 Å². The van der Waals surface area contributed by atoms with Crippen molar-refractivity contribution in [1.29, 1.82) is 0 Å². The summed E-state index contributed by atoms with van der Waals surface area (Å²) in [6.07, 6.45) is 3.71. The summed E-state index contributed by atoms with van der Waals surface area (Å²) in [5.74, 6) is 0. The lowest BCUT2D eigenvalue weighted by Gasteiger charge is -2.35. The molecule has 0 bridgehead atoms. The number of aromatic nitrogens is 1. The SMILES string of the molecule is NC1(Cc2ccccc2)CCCc2[nH]c(=O)ccc21. The Balaban J connectivity index is 2.00. The lowest BCUT2D eigenvalue weighted by Crippen LogP contribution is -2.43. The summed E-state index contributed by atoms with van der Waals surface area (Å²) in [6.45, 7) is 0. The van der Waals surface area contributed by atoms with Crippen molar-refractivity contribution in [3.8, 4) is 0 Å². The van der Waals surface area contributed by atoms with E-state index >= 15 is 0 Å². The number of hydrogen-bond acceptors (Lipinski definition) is 2. The van der Waals surface area contributed by atoms with Crippen molar-refractivity contribution in [3.05, 3.63) is 69.6 Å². The Kier molecular flexibility index (Phi) is 2.99. The van der Waals surface area contributed by atoms with Gasteiger partial charge in [0.25, 0.3) is 0 Å². The van der Waals surface area contributed by atoms with E-state index in [0.717, 1.165) is 36.9 Å². The van der Waals surface area contributed by atoms with Crippen LogP contribution in [-0.4, -0.2) is 4.98 Å². The number of pyridine rings is 1. The molecule has 1 aliphatic carbocycles. The molecule has 19 heavy (non-hydrogen) atoms. The van der Waals surface area contributed by atoms with Gasteiger partial charge >= 0.3 is 0 Å². The van der Waals surface area contributed by atoms with Crippen LogP contribution in [0, 0.1) is 0 Å². The fourth-order valence-corrected chi connectivity index (χ4v) is 3.04. The van der Waals surface area contributed by atoms with E-state index in [0.29, 0.717) is 0 Å². The average Bonchev–Trinajstić information content (AvgIpc) is 2.39. The van der Waals surface area contributed by atoms with Gasteiger partial charge in [-0.3, -0.25) is 4.79 Å². The number of hydrogen-bond donors (Lipinski definition) is 2. The van der Waals surface area contributed by atoms with Crippen molar-refractivity contribution in [2.45, 2.75) is 31.2 Å². The van der Waals surface area contributed by atoms with E-state index < -0.39 is 0 Å². The molecule has 3 nitrogen and oxygen atoms in total. The van der Waals surface area contributed by atoms with Crippen LogP contribution < -0.4 is 11.3 Å². The van der Waals surface area contributed by atoms with Gasteiger partial charge in [-0.05, 0) is 42.9 Å². The zero-order valence-corrected chi connectivity index (χ0v) is 10.9. The summed E-state index contributed by atoms with van der Waals surface area (Å²) < 4.78 is 0. The van der Waals surface area contributed by atoms with Crippen molar-refractivity contribution >= 4 is 0 Å². The van der Waals surface area contributed by atoms with Crippen molar-refractivity contribution in [1.82, 2.24) is 4.98 Å². The highest BCUT2D eigenvalue weighted by Crippen LogP contribution is 2.34. The van der Waals surface area contributed by atoms with E-state index in [1.165, 1.54) is 5.56 Å². The number of benzene rings is 1. The molecule has 1 heterocycles. The van der Waals surface area contributed by atoms with Gasteiger partial charge in [0.2, 0.25) is 5.56 Å². The first kappa shape index (κ1) is 12.2. The first-order chi connectivity index (χ1) is 9.17. The third-order valence-corrected chi connectivity index (χ3v) is 3.95. The molecule has 3 N–H and O–H groups in total. The maximum atomic E-state index is 11.4. The molecule has 0 saturated carbocycles. The molecule has 0 saturated heterocycles. The molecule has 0 spiro atoms. The number of nitrogens with two attached hydrogens (primary N) is 1. The zero-order valence-electron chi connectivity index (χ0n) is 10.9. The van der Waals surface area contributed by atoms with E-state index in [1.54, 1.807) is 6.07 Å². The minimum Gasteiger partial charge on any atom is -0.326 e. The van der Waals surface area contributed by atoms with Crippen LogP contribution in [0.15, 0.2) is 47.3 Å². The summed E-state index contributed by atoms with van der Waals surface area (Å²) >= 11 is 0. The molecule has 0 amide bonds. The van der Waals surface area contributed by atoms with Gasteiger partial charge < -0.3 is 10.7 Å². The Labute approximate surface area is 112 Å². The van der Waals surface area contributed by atoms with Gasteiger partial charge in [-0.2, -0.15) is 0 Å². The summed E-state index contributed by atoms with van der Waals surface area (Å²) in [6, 6.07) is 13.8. The average molecular weight is 254 g/mol. The predicted octanol–water partition coefficient (Wildman–Crippen LogP) is 2.11. The van der Waals surface area contributed by atoms with E-state index in [9.17, 15) is 4.79 Å². The maximum absolute atomic E-state index is 11.4. The van der Waals surface area contributed by atoms with Gasteiger partial charge in [0.15, 0.2) is 0 Å². The molecular weight excluding hydrogens is 236 g/mol. The highest BCUT2D eigenvalue weighted by Gasteiger charge is 2.33. The Bertz CT molecular complexity index is 633. The molecule has 3 rings (SSSR count). The number of aryl methyl sites for hydroxylation is 1.